The molecule has 0 aliphatic heterocycles. The van der Waals surface area contributed by atoms with E-state index in [0.717, 1.165) is 31.4 Å². The van der Waals surface area contributed by atoms with Crippen LogP contribution in [-0.2, 0) is 0 Å². The van der Waals surface area contributed by atoms with E-state index in [2.05, 4.69) is 49.3 Å². The molecule has 0 saturated carbocycles. The second-order valence-electron chi connectivity index (χ2n) is 4.50. The first kappa shape index (κ1) is 13.5. The van der Waals surface area contributed by atoms with Crippen molar-refractivity contribution in [2.24, 2.45) is 0 Å². The average Bonchev–Trinajstić information content (AvgIpc) is 2.46. The second kappa shape index (κ2) is 5.46. The van der Waals surface area contributed by atoms with Gasteiger partial charge in [0, 0.05) is 20.0 Å². The number of anilines is 3. The summed E-state index contributed by atoms with van der Waals surface area (Å²) in [5.41, 5.74) is 8.67. The largest absolute Gasteiger partial charge is 0.397 e. The first-order valence-corrected chi connectivity index (χ1v) is 7.73. The molecule has 3 N–H and O–H groups in total. The van der Waals surface area contributed by atoms with Crippen LogP contribution >= 0.6 is 31.9 Å². The molecule has 3 rings (SSSR count). The molecule has 0 amide bonds. The maximum Gasteiger partial charge on any atom is 0.0629 e. The summed E-state index contributed by atoms with van der Waals surface area (Å²) < 4.78 is 2.08. The zero-order valence-corrected chi connectivity index (χ0v) is 13.7. The Morgan fingerprint density at radius 2 is 1.55 bits per heavy atom. The van der Waals surface area contributed by atoms with Crippen LogP contribution in [-0.4, -0.2) is 0 Å². The monoisotopic (exact) mass is 390 g/mol. The lowest BCUT2D eigenvalue weighted by Gasteiger charge is -2.13. The van der Waals surface area contributed by atoms with Crippen molar-refractivity contribution < 1.29 is 0 Å². The van der Waals surface area contributed by atoms with Gasteiger partial charge in [-0.15, -0.1) is 0 Å². The third-order valence-corrected chi connectivity index (χ3v) is 4.34. The number of rotatable bonds is 2. The Labute approximate surface area is 134 Å². The van der Waals surface area contributed by atoms with Gasteiger partial charge in [0.25, 0.3) is 0 Å². The van der Waals surface area contributed by atoms with Gasteiger partial charge >= 0.3 is 0 Å². The topological polar surface area (TPSA) is 38.0 Å². The molecular weight excluding hydrogens is 380 g/mol. The van der Waals surface area contributed by atoms with E-state index in [0.29, 0.717) is 0 Å². The molecule has 20 heavy (non-hydrogen) atoms. The minimum atomic E-state index is 0.722. The van der Waals surface area contributed by atoms with E-state index < -0.39 is 0 Å². The molecule has 0 aliphatic carbocycles. The van der Waals surface area contributed by atoms with Crippen molar-refractivity contribution in [3.05, 3.63) is 63.5 Å². The summed E-state index contributed by atoms with van der Waals surface area (Å²) in [7, 11) is 0. The summed E-state index contributed by atoms with van der Waals surface area (Å²) >= 11 is 7.05. The second-order valence-corrected chi connectivity index (χ2v) is 6.27. The van der Waals surface area contributed by atoms with E-state index in [1.54, 1.807) is 0 Å². The van der Waals surface area contributed by atoms with Gasteiger partial charge < -0.3 is 11.1 Å². The van der Waals surface area contributed by atoms with E-state index >= 15 is 0 Å². The van der Waals surface area contributed by atoms with Gasteiger partial charge in [0.05, 0.1) is 11.4 Å². The van der Waals surface area contributed by atoms with Gasteiger partial charge in [0.1, 0.15) is 0 Å². The molecule has 0 unspecified atom stereocenters. The van der Waals surface area contributed by atoms with Crippen molar-refractivity contribution in [3.8, 4) is 0 Å². The van der Waals surface area contributed by atoms with Gasteiger partial charge in [-0.1, -0.05) is 56.1 Å². The molecular formula is C16H12Br2N2. The lowest BCUT2D eigenvalue weighted by Crippen LogP contribution is -1.97. The first-order valence-electron chi connectivity index (χ1n) is 6.14. The van der Waals surface area contributed by atoms with Crippen LogP contribution < -0.4 is 11.1 Å². The molecule has 0 spiro atoms. The average molecular weight is 392 g/mol. The molecule has 0 heterocycles. The van der Waals surface area contributed by atoms with Crippen LogP contribution in [0.25, 0.3) is 10.8 Å². The van der Waals surface area contributed by atoms with Crippen molar-refractivity contribution in [2.75, 3.05) is 11.1 Å². The molecule has 3 aromatic rings. The molecule has 0 aliphatic rings. The van der Waals surface area contributed by atoms with Crippen molar-refractivity contribution in [3.63, 3.8) is 0 Å². The van der Waals surface area contributed by atoms with Gasteiger partial charge in [0.15, 0.2) is 0 Å². The molecule has 100 valence electrons. The fourth-order valence-corrected chi connectivity index (χ4v) is 2.99. The molecule has 2 nitrogen and oxygen atoms in total. The van der Waals surface area contributed by atoms with Gasteiger partial charge in [-0.3, -0.25) is 0 Å². The molecule has 3 aromatic carbocycles. The van der Waals surface area contributed by atoms with Crippen molar-refractivity contribution in [1.82, 2.24) is 0 Å². The Morgan fingerprint density at radius 3 is 2.35 bits per heavy atom. The number of halogens is 2. The fourth-order valence-electron chi connectivity index (χ4n) is 2.15. The number of nitrogens with one attached hydrogen (secondary N) is 1. The van der Waals surface area contributed by atoms with Crippen LogP contribution in [0.1, 0.15) is 0 Å². The van der Waals surface area contributed by atoms with Crippen LogP contribution in [0.4, 0.5) is 17.1 Å². The number of nitrogen functional groups attached to an aromatic ring is 1. The van der Waals surface area contributed by atoms with Crippen molar-refractivity contribution >= 4 is 59.7 Å². The summed E-state index contributed by atoms with van der Waals surface area (Å²) in [6, 6.07) is 18.1. The predicted molar refractivity (Wildman–Crippen MR) is 93.5 cm³/mol. The first-order chi connectivity index (χ1) is 9.65. The molecule has 0 aromatic heterocycles. The smallest absolute Gasteiger partial charge is 0.0629 e. The summed E-state index contributed by atoms with van der Waals surface area (Å²) in [5.74, 6) is 0. The van der Waals surface area contributed by atoms with Crippen LogP contribution in [0, 0.1) is 0 Å². The standard InChI is InChI=1S/C16H12Br2N2/c17-10-5-7-14(19)16(9-10)20-15-8-6-13(18)11-3-1-2-4-12(11)15/h1-9,20H,19H2. The maximum atomic E-state index is 6.02. The quantitative estimate of drug-likeness (QED) is 0.550. The Hall–Kier alpha value is -1.52. The number of fused-ring (bicyclic) bond motifs is 1. The highest BCUT2D eigenvalue weighted by atomic mass is 79.9. The lowest BCUT2D eigenvalue weighted by atomic mass is 10.1. The van der Waals surface area contributed by atoms with Gasteiger partial charge in [-0.2, -0.15) is 0 Å². The predicted octanol–water partition coefficient (Wildman–Crippen LogP) is 5.69. The molecule has 4 heteroatoms. The highest BCUT2D eigenvalue weighted by molar-refractivity contribution is 9.11. The molecule has 0 bridgehead atoms. The molecule has 0 atom stereocenters. The summed E-state index contributed by atoms with van der Waals surface area (Å²) in [5, 5.41) is 5.73. The minimum Gasteiger partial charge on any atom is -0.397 e. The van der Waals surface area contributed by atoms with E-state index in [1.807, 2.05) is 42.5 Å². The maximum absolute atomic E-state index is 6.02. The number of benzene rings is 3. The normalized spacial score (nSPS) is 10.7. The fraction of sp³-hybridized carbons (Fsp3) is 0. The van der Waals surface area contributed by atoms with Crippen LogP contribution in [0.5, 0.6) is 0 Å². The highest BCUT2D eigenvalue weighted by Gasteiger charge is 2.06. The van der Waals surface area contributed by atoms with Crippen molar-refractivity contribution in [2.45, 2.75) is 0 Å². The Kier molecular flexibility index (Phi) is 3.68. The van der Waals surface area contributed by atoms with Crippen LogP contribution in [0.15, 0.2) is 63.5 Å². The van der Waals surface area contributed by atoms with Crippen molar-refractivity contribution in [1.29, 1.82) is 0 Å². The lowest BCUT2D eigenvalue weighted by molar-refractivity contribution is 1.54. The van der Waals surface area contributed by atoms with Crippen LogP contribution in [0.2, 0.25) is 0 Å². The third-order valence-electron chi connectivity index (χ3n) is 3.16. The molecule has 0 fully saturated rings. The Balaban J connectivity index is 2.11. The van der Waals surface area contributed by atoms with E-state index in [4.69, 9.17) is 5.73 Å². The van der Waals surface area contributed by atoms with Gasteiger partial charge in [0.2, 0.25) is 0 Å². The van der Waals surface area contributed by atoms with Crippen LogP contribution in [0.3, 0.4) is 0 Å². The summed E-state index contributed by atoms with van der Waals surface area (Å²) in [6.45, 7) is 0. The zero-order chi connectivity index (χ0) is 14.1. The van der Waals surface area contributed by atoms with E-state index in [9.17, 15) is 0 Å². The number of nitrogens with two attached hydrogens (primary N) is 1. The molecule has 0 saturated heterocycles. The molecule has 0 radical (unpaired) electrons. The van der Waals surface area contributed by atoms with Gasteiger partial charge in [-0.05, 0) is 35.7 Å². The minimum absolute atomic E-state index is 0.722. The SMILES string of the molecule is Nc1ccc(Br)cc1Nc1ccc(Br)c2ccccc12. The third kappa shape index (κ3) is 2.53. The highest BCUT2D eigenvalue weighted by Crippen LogP contribution is 2.33. The summed E-state index contributed by atoms with van der Waals surface area (Å²) in [6.07, 6.45) is 0. The van der Waals surface area contributed by atoms with E-state index in [-0.39, 0.29) is 0 Å². The number of hydrogen-bond donors (Lipinski definition) is 2. The Morgan fingerprint density at radius 1 is 0.800 bits per heavy atom. The summed E-state index contributed by atoms with van der Waals surface area (Å²) in [4.78, 5) is 0. The Bertz CT molecular complexity index is 785. The van der Waals surface area contributed by atoms with E-state index in [1.165, 1.54) is 5.39 Å². The number of hydrogen-bond acceptors (Lipinski definition) is 2. The van der Waals surface area contributed by atoms with Gasteiger partial charge in [-0.25, -0.2) is 0 Å². The zero-order valence-electron chi connectivity index (χ0n) is 10.5.